The zero-order chi connectivity index (χ0) is 18.5. The van der Waals surface area contributed by atoms with Crippen molar-refractivity contribution >= 4 is 17.5 Å². The minimum absolute atomic E-state index is 0.0714. The van der Waals surface area contributed by atoms with Crippen LogP contribution in [0.5, 0.6) is 0 Å². The van der Waals surface area contributed by atoms with Crippen molar-refractivity contribution in [3.63, 3.8) is 0 Å². The molecule has 3 atom stereocenters. The first-order chi connectivity index (χ1) is 13.2. The Morgan fingerprint density at radius 3 is 2.41 bits per heavy atom. The molecule has 0 radical (unpaired) electrons. The van der Waals surface area contributed by atoms with Gasteiger partial charge in [0, 0.05) is 29.6 Å². The summed E-state index contributed by atoms with van der Waals surface area (Å²) in [7, 11) is 0. The van der Waals surface area contributed by atoms with Gasteiger partial charge in [-0.15, -0.1) is 0 Å². The average molecular weight is 362 g/mol. The Bertz CT molecular complexity index is 893. The Hall–Kier alpha value is -2.66. The molecule has 5 nitrogen and oxygen atoms in total. The number of benzene rings is 2. The van der Waals surface area contributed by atoms with E-state index < -0.39 is 0 Å². The lowest BCUT2D eigenvalue weighted by Gasteiger charge is -2.59. The molecular formula is C22H22N2O3. The standard InChI is InChI=1S/C22H22N2O3/c25-13-19-20-16-8-4-5-9-17(16)23(21(26)15-10-11-15)12-18(20)24(19)22(27)14-6-2-1-3-7-14/h1-9,15,18-20,25H,10-13H2/t18-,19+,20+/m1/s1. The highest BCUT2D eigenvalue weighted by Crippen LogP contribution is 2.49. The number of para-hydroxylation sites is 1. The van der Waals surface area contributed by atoms with E-state index >= 15 is 0 Å². The second-order valence-electron chi connectivity index (χ2n) is 7.70. The number of anilines is 1. The SMILES string of the molecule is O=C(C1CC1)N1C[C@@H]2[C@H](c3ccccc31)[C@H](CO)N2C(=O)c1ccccc1. The molecule has 0 bridgehead atoms. The van der Waals surface area contributed by atoms with Crippen LogP contribution in [0.3, 0.4) is 0 Å². The van der Waals surface area contributed by atoms with Crippen molar-refractivity contribution in [3.8, 4) is 0 Å². The molecule has 0 aromatic heterocycles. The summed E-state index contributed by atoms with van der Waals surface area (Å²) in [6.07, 6.45) is 1.91. The maximum Gasteiger partial charge on any atom is 0.254 e. The van der Waals surface area contributed by atoms with Crippen LogP contribution in [0.2, 0.25) is 0 Å². The molecule has 2 fully saturated rings. The number of rotatable bonds is 3. The smallest absolute Gasteiger partial charge is 0.254 e. The van der Waals surface area contributed by atoms with E-state index in [9.17, 15) is 14.7 Å². The maximum absolute atomic E-state index is 13.1. The van der Waals surface area contributed by atoms with Crippen molar-refractivity contribution in [2.45, 2.75) is 30.8 Å². The topological polar surface area (TPSA) is 60.9 Å². The average Bonchev–Trinajstić information content (AvgIpc) is 3.54. The third kappa shape index (κ3) is 2.49. The Kier molecular flexibility index (Phi) is 3.79. The molecule has 2 aromatic rings. The summed E-state index contributed by atoms with van der Waals surface area (Å²) in [4.78, 5) is 29.6. The molecule has 5 heteroatoms. The summed E-state index contributed by atoms with van der Waals surface area (Å²) in [5, 5.41) is 10.0. The van der Waals surface area contributed by atoms with E-state index in [1.165, 1.54) is 0 Å². The van der Waals surface area contributed by atoms with E-state index in [2.05, 4.69) is 0 Å². The first-order valence-electron chi connectivity index (χ1n) is 9.59. The molecule has 2 heterocycles. The zero-order valence-corrected chi connectivity index (χ0v) is 15.0. The summed E-state index contributed by atoms with van der Waals surface area (Å²) in [5.74, 6) is 0.290. The van der Waals surface area contributed by atoms with Gasteiger partial charge in [-0.1, -0.05) is 36.4 Å². The van der Waals surface area contributed by atoms with E-state index in [1.54, 1.807) is 17.0 Å². The Labute approximate surface area is 158 Å². The number of nitrogens with zero attached hydrogens (tertiary/aromatic N) is 2. The monoisotopic (exact) mass is 362 g/mol. The first-order valence-corrected chi connectivity index (χ1v) is 9.59. The highest BCUT2D eigenvalue weighted by molar-refractivity contribution is 5.99. The molecule has 2 amide bonds. The number of carbonyl (C=O) groups excluding carboxylic acids is 2. The Morgan fingerprint density at radius 2 is 1.70 bits per heavy atom. The number of aliphatic hydroxyl groups is 1. The zero-order valence-electron chi connectivity index (χ0n) is 15.0. The lowest BCUT2D eigenvalue weighted by molar-refractivity contribution is -0.120. The van der Waals surface area contributed by atoms with Crippen molar-refractivity contribution in [1.29, 1.82) is 0 Å². The predicted molar refractivity (Wildman–Crippen MR) is 102 cm³/mol. The van der Waals surface area contributed by atoms with E-state index in [4.69, 9.17) is 0 Å². The number of hydrogen-bond donors (Lipinski definition) is 1. The van der Waals surface area contributed by atoms with Crippen LogP contribution in [0.1, 0.15) is 34.7 Å². The minimum atomic E-state index is -0.248. The van der Waals surface area contributed by atoms with Crippen molar-refractivity contribution in [1.82, 2.24) is 4.90 Å². The summed E-state index contributed by atoms with van der Waals surface area (Å²) in [6, 6.07) is 16.8. The van der Waals surface area contributed by atoms with Crippen LogP contribution < -0.4 is 4.90 Å². The maximum atomic E-state index is 13.1. The fraction of sp³-hybridized carbons (Fsp3) is 0.364. The number of hydrogen-bond acceptors (Lipinski definition) is 3. The van der Waals surface area contributed by atoms with Crippen molar-refractivity contribution in [2.75, 3.05) is 18.1 Å². The van der Waals surface area contributed by atoms with Crippen LogP contribution in [-0.2, 0) is 4.79 Å². The van der Waals surface area contributed by atoms with E-state index in [1.807, 2.05) is 47.4 Å². The van der Waals surface area contributed by atoms with Gasteiger partial charge in [0.1, 0.15) is 0 Å². The Morgan fingerprint density at radius 1 is 1.00 bits per heavy atom. The Balaban J connectivity index is 1.52. The molecule has 138 valence electrons. The summed E-state index contributed by atoms with van der Waals surface area (Å²) < 4.78 is 0. The number of carbonyl (C=O) groups is 2. The van der Waals surface area contributed by atoms with Crippen molar-refractivity contribution in [2.24, 2.45) is 5.92 Å². The summed E-state index contributed by atoms with van der Waals surface area (Å²) in [6.45, 7) is 0.427. The van der Waals surface area contributed by atoms with Gasteiger partial charge >= 0.3 is 0 Å². The minimum Gasteiger partial charge on any atom is -0.394 e. The molecule has 2 aliphatic heterocycles. The highest BCUT2D eigenvalue weighted by atomic mass is 16.3. The number of aliphatic hydroxyl groups excluding tert-OH is 1. The van der Waals surface area contributed by atoms with E-state index in [0.717, 1.165) is 24.1 Å². The second kappa shape index (κ2) is 6.20. The molecule has 2 aromatic carbocycles. The van der Waals surface area contributed by atoms with Gasteiger partial charge in [0.05, 0.1) is 18.7 Å². The number of fused-ring (bicyclic) bond motifs is 3. The lowest BCUT2D eigenvalue weighted by atomic mass is 9.71. The first kappa shape index (κ1) is 16.5. The van der Waals surface area contributed by atoms with Gasteiger partial charge < -0.3 is 14.9 Å². The molecule has 0 unspecified atom stereocenters. The van der Waals surface area contributed by atoms with Crippen LogP contribution in [0.25, 0.3) is 0 Å². The third-order valence-corrected chi connectivity index (χ3v) is 6.13. The van der Waals surface area contributed by atoms with Gasteiger partial charge in [-0.3, -0.25) is 9.59 Å². The third-order valence-electron chi connectivity index (χ3n) is 6.13. The van der Waals surface area contributed by atoms with Crippen LogP contribution in [0.4, 0.5) is 5.69 Å². The van der Waals surface area contributed by atoms with Crippen molar-refractivity contribution in [3.05, 3.63) is 65.7 Å². The summed E-state index contributed by atoms with van der Waals surface area (Å²) in [5.41, 5.74) is 2.63. The van der Waals surface area contributed by atoms with Gasteiger partial charge in [0.15, 0.2) is 0 Å². The van der Waals surface area contributed by atoms with E-state index in [-0.39, 0.29) is 42.3 Å². The van der Waals surface area contributed by atoms with E-state index in [0.29, 0.717) is 12.1 Å². The molecule has 1 N–H and O–H groups in total. The molecular weight excluding hydrogens is 340 g/mol. The van der Waals surface area contributed by atoms with Crippen molar-refractivity contribution < 1.29 is 14.7 Å². The number of likely N-dealkylation sites (tertiary alicyclic amines) is 1. The van der Waals surface area contributed by atoms with Gasteiger partial charge in [0.2, 0.25) is 5.91 Å². The fourth-order valence-corrected chi connectivity index (χ4v) is 4.66. The molecule has 27 heavy (non-hydrogen) atoms. The van der Waals surface area contributed by atoms with Crippen LogP contribution in [0, 0.1) is 5.92 Å². The predicted octanol–water partition coefficient (Wildman–Crippen LogP) is 2.41. The second-order valence-corrected chi connectivity index (χ2v) is 7.70. The number of amides is 2. The molecule has 5 rings (SSSR count). The molecule has 3 aliphatic rings. The lowest BCUT2D eigenvalue weighted by Crippen LogP contribution is -2.70. The quantitative estimate of drug-likeness (QED) is 0.912. The molecule has 0 spiro atoms. The summed E-state index contributed by atoms with van der Waals surface area (Å²) >= 11 is 0. The van der Waals surface area contributed by atoms with Crippen LogP contribution in [0.15, 0.2) is 54.6 Å². The van der Waals surface area contributed by atoms with Gasteiger partial charge in [-0.25, -0.2) is 0 Å². The van der Waals surface area contributed by atoms with Gasteiger partial charge in [-0.05, 0) is 36.6 Å². The van der Waals surface area contributed by atoms with Crippen LogP contribution in [-0.4, -0.2) is 47.1 Å². The normalized spacial score (nSPS) is 26.0. The molecule has 1 saturated carbocycles. The molecule has 1 aliphatic carbocycles. The van der Waals surface area contributed by atoms with Crippen LogP contribution >= 0.6 is 0 Å². The largest absolute Gasteiger partial charge is 0.394 e. The highest BCUT2D eigenvalue weighted by Gasteiger charge is 2.55. The molecule has 1 saturated heterocycles. The van der Waals surface area contributed by atoms with Gasteiger partial charge in [0.25, 0.3) is 5.91 Å². The fourth-order valence-electron chi connectivity index (χ4n) is 4.66. The van der Waals surface area contributed by atoms with Gasteiger partial charge in [-0.2, -0.15) is 0 Å².